The summed E-state index contributed by atoms with van der Waals surface area (Å²) in [5, 5.41) is 12.7. The van der Waals surface area contributed by atoms with Crippen molar-refractivity contribution in [1.29, 1.82) is 0 Å². The molecule has 1 aromatic heterocycles. The molecule has 1 fully saturated rings. The molecule has 0 aliphatic heterocycles. The lowest BCUT2D eigenvalue weighted by atomic mass is 9.80. The Morgan fingerprint density at radius 3 is 2.53 bits per heavy atom. The Hall–Kier alpha value is -2.58. The molecule has 1 aliphatic rings. The van der Waals surface area contributed by atoms with E-state index in [0.717, 1.165) is 25.7 Å². The first-order valence-corrected chi connectivity index (χ1v) is 11.6. The van der Waals surface area contributed by atoms with Crippen molar-refractivity contribution in [3.63, 3.8) is 0 Å². The van der Waals surface area contributed by atoms with Gasteiger partial charge in [0.05, 0.1) is 0 Å². The van der Waals surface area contributed by atoms with Crippen LogP contribution in [0, 0.1) is 5.92 Å². The maximum Gasteiger partial charge on any atom is 0.407 e. The van der Waals surface area contributed by atoms with Gasteiger partial charge in [-0.15, -0.1) is 0 Å². The van der Waals surface area contributed by atoms with Crippen LogP contribution in [0.2, 0.25) is 0 Å². The predicted octanol–water partition coefficient (Wildman–Crippen LogP) is 3.33. The number of carbonyl (C=O) groups is 3. The van der Waals surface area contributed by atoms with Crippen molar-refractivity contribution in [2.45, 2.75) is 104 Å². The van der Waals surface area contributed by atoms with Crippen LogP contribution in [-0.2, 0) is 16.0 Å². The molecule has 0 bridgehead atoms. The second-order valence-electron chi connectivity index (χ2n) is 9.61. The third-order valence-electron chi connectivity index (χ3n) is 5.58. The van der Waals surface area contributed by atoms with Gasteiger partial charge in [-0.3, -0.25) is 9.59 Å². The van der Waals surface area contributed by atoms with Crippen LogP contribution in [-0.4, -0.2) is 46.8 Å². The molecule has 32 heavy (non-hydrogen) atoms. The molecule has 0 spiro atoms. The Morgan fingerprint density at radius 1 is 1.22 bits per heavy atom. The van der Waals surface area contributed by atoms with E-state index in [9.17, 15) is 14.4 Å². The SMILES string of the molecule is CCc1cc(C(=O)N[C@H]2CC[C@H](NC(=O)C[C@@H](C)NC(=O)OC(C)(C)C)C[C@H]2CC)no1. The maximum absolute atomic E-state index is 12.5. The second-order valence-corrected chi connectivity index (χ2v) is 9.61. The number of nitrogens with zero attached hydrogens (tertiary/aromatic N) is 1. The molecule has 2 rings (SSSR count). The van der Waals surface area contributed by atoms with Crippen LogP contribution < -0.4 is 16.0 Å². The lowest BCUT2D eigenvalue weighted by Gasteiger charge is -2.36. The molecule has 9 nitrogen and oxygen atoms in total. The summed E-state index contributed by atoms with van der Waals surface area (Å²) in [6.45, 7) is 11.2. The number of aryl methyl sites for hydroxylation is 1. The molecule has 3 N–H and O–H groups in total. The van der Waals surface area contributed by atoms with Crippen molar-refractivity contribution in [2.24, 2.45) is 5.92 Å². The fourth-order valence-electron chi connectivity index (χ4n) is 3.99. The van der Waals surface area contributed by atoms with E-state index in [1.165, 1.54) is 0 Å². The van der Waals surface area contributed by atoms with Crippen LogP contribution in [0.15, 0.2) is 10.6 Å². The van der Waals surface area contributed by atoms with Crippen molar-refractivity contribution in [1.82, 2.24) is 21.1 Å². The number of rotatable bonds is 8. The number of aromatic nitrogens is 1. The van der Waals surface area contributed by atoms with E-state index < -0.39 is 11.7 Å². The highest BCUT2D eigenvalue weighted by Crippen LogP contribution is 2.28. The van der Waals surface area contributed by atoms with Gasteiger partial charge in [0.15, 0.2) is 5.69 Å². The van der Waals surface area contributed by atoms with E-state index >= 15 is 0 Å². The molecule has 1 saturated carbocycles. The first kappa shape index (κ1) is 25.7. The molecule has 1 aliphatic carbocycles. The standard InChI is InChI=1S/C23H38N4O5/c1-7-15-12-16(25-20(28)11-14(3)24-22(30)31-23(4,5)6)9-10-18(15)26-21(29)19-13-17(8-2)32-27-19/h13-16,18H,7-12H2,1-6H3,(H,24,30)(H,25,28)(H,26,29)/t14-,15-,16+,18+/m1/s1. The first-order chi connectivity index (χ1) is 15.0. The monoisotopic (exact) mass is 450 g/mol. The van der Waals surface area contributed by atoms with E-state index in [2.05, 4.69) is 28.0 Å². The summed E-state index contributed by atoms with van der Waals surface area (Å²) in [7, 11) is 0. The average molecular weight is 451 g/mol. The topological polar surface area (TPSA) is 123 Å². The Kier molecular flexibility index (Phi) is 9.09. The zero-order chi connectivity index (χ0) is 23.9. The average Bonchev–Trinajstić information content (AvgIpc) is 3.16. The number of hydrogen-bond acceptors (Lipinski definition) is 6. The number of amides is 3. The molecular weight excluding hydrogens is 412 g/mol. The Balaban J connectivity index is 1.80. The van der Waals surface area contributed by atoms with Gasteiger partial charge in [-0.05, 0) is 52.9 Å². The van der Waals surface area contributed by atoms with E-state index in [-0.39, 0.29) is 42.3 Å². The van der Waals surface area contributed by atoms with Crippen LogP contribution in [0.5, 0.6) is 0 Å². The quantitative estimate of drug-likeness (QED) is 0.558. The molecule has 0 radical (unpaired) electrons. The van der Waals surface area contributed by atoms with Crippen LogP contribution >= 0.6 is 0 Å². The van der Waals surface area contributed by atoms with Crippen LogP contribution in [0.1, 0.15) is 89.9 Å². The molecule has 0 unspecified atom stereocenters. The molecular formula is C23H38N4O5. The van der Waals surface area contributed by atoms with Crippen LogP contribution in [0.4, 0.5) is 4.79 Å². The second kappa shape index (κ2) is 11.3. The van der Waals surface area contributed by atoms with Crippen LogP contribution in [0.3, 0.4) is 0 Å². The third-order valence-corrected chi connectivity index (χ3v) is 5.58. The number of hydrogen-bond donors (Lipinski definition) is 3. The number of alkyl carbamates (subject to hydrolysis) is 1. The van der Waals surface area contributed by atoms with E-state index in [1.807, 2.05) is 6.92 Å². The van der Waals surface area contributed by atoms with E-state index in [4.69, 9.17) is 9.26 Å². The summed E-state index contributed by atoms with van der Waals surface area (Å²) in [6, 6.07) is 1.43. The number of nitrogens with one attached hydrogen (secondary N) is 3. The minimum absolute atomic E-state index is 0.0372. The van der Waals surface area contributed by atoms with Gasteiger partial charge in [-0.25, -0.2) is 4.79 Å². The molecule has 1 aromatic rings. The summed E-state index contributed by atoms with van der Waals surface area (Å²) in [4.78, 5) is 36.8. The zero-order valence-electron chi connectivity index (χ0n) is 20.1. The Morgan fingerprint density at radius 2 is 1.94 bits per heavy atom. The highest BCUT2D eigenvalue weighted by molar-refractivity contribution is 5.92. The van der Waals surface area contributed by atoms with Gasteiger partial charge >= 0.3 is 6.09 Å². The molecule has 1 heterocycles. The number of carbonyl (C=O) groups excluding carboxylic acids is 3. The largest absolute Gasteiger partial charge is 0.444 e. The molecule has 4 atom stereocenters. The summed E-state index contributed by atoms with van der Waals surface area (Å²) >= 11 is 0. The maximum atomic E-state index is 12.5. The first-order valence-electron chi connectivity index (χ1n) is 11.6. The normalized spacial score (nSPS) is 22.0. The molecule has 180 valence electrons. The molecule has 0 saturated heterocycles. The van der Waals surface area contributed by atoms with E-state index in [1.54, 1.807) is 33.8 Å². The summed E-state index contributed by atoms with van der Waals surface area (Å²) < 4.78 is 10.3. The molecule has 9 heteroatoms. The molecule has 3 amide bonds. The van der Waals surface area contributed by atoms with Gasteiger partial charge in [-0.2, -0.15) is 0 Å². The van der Waals surface area contributed by atoms with Gasteiger partial charge in [0.1, 0.15) is 11.4 Å². The summed E-state index contributed by atoms with van der Waals surface area (Å²) in [5.41, 5.74) is -0.278. The van der Waals surface area contributed by atoms with Crippen molar-refractivity contribution >= 4 is 17.9 Å². The lowest BCUT2D eigenvalue weighted by Crippen LogP contribution is -2.49. The summed E-state index contributed by atoms with van der Waals surface area (Å²) in [6.07, 6.45) is 3.58. The summed E-state index contributed by atoms with van der Waals surface area (Å²) in [5.74, 6) is 0.615. The Labute approximate surface area is 190 Å². The van der Waals surface area contributed by atoms with Gasteiger partial charge in [-0.1, -0.05) is 25.4 Å². The van der Waals surface area contributed by atoms with Crippen molar-refractivity contribution in [3.05, 3.63) is 17.5 Å². The highest BCUT2D eigenvalue weighted by Gasteiger charge is 2.32. The smallest absolute Gasteiger partial charge is 0.407 e. The van der Waals surface area contributed by atoms with Gasteiger partial charge < -0.3 is 25.2 Å². The minimum atomic E-state index is -0.582. The number of ether oxygens (including phenoxy) is 1. The van der Waals surface area contributed by atoms with E-state index in [0.29, 0.717) is 17.9 Å². The highest BCUT2D eigenvalue weighted by atomic mass is 16.6. The Bertz CT molecular complexity index is 786. The fourth-order valence-corrected chi connectivity index (χ4v) is 3.99. The van der Waals surface area contributed by atoms with Gasteiger partial charge in [0, 0.05) is 37.0 Å². The van der Waals surface area contributed by atoms with Crippen molar-refractivity contribution in [2.75, 3.05) is 0 Å². The predicted molar refractivity (Wildman–Crippen MR) is 120 cm³/mol. The fraction of sp³-hybridized carbons (Fsp3) is 0.739. The third kappa shape index (κ3) is 8.16. The zero-order valence-corrected chi connectivity index (χ0v) is 20.1. The van der Waals surface area contributed by atoms with Crippen molar-refractivity contribution < 1.29 is 23.6 Å². The minimum Gasteiger partial charge on any atom is -0.444 e. The molecule has 0 aromatic carbocycles. The van der Waals surface area contributed by atoms with Gasteiger partial charge in [0.2, 0.25) is 5.91 Å². The van der Waals surface area contributed by atoms with Crippen molar-refractivity contribution in [3.8, 4) is 0 Å². The lowest BCUT2D eigenvalue weighted by molar-refractivity contribution is -0.122. The van der Waals surface area contributed by atoms with Gasteiger partial charge in [0.25, 0.3) is 5.91 Å². The van der Waals surface area contributed by atoms with Crippen LogP contribution in [0.25, 0.3) is 0 Å².